The lowest BCUT2D eigenvalue weighted by atomic mass is 10.1. The highest BCUT2D eigenvalue weighted by molar-refractivity contribution is 7.93. The molecule has 32 heteroatoms. The topological polar surface area (TPSA) is 388 Å². The summed E-state index contributed by atoms with van der Waals surface area (Å²) in [6.45, 7) is 5.23. The van der Waals surface area contributed by atoms with E-state index in [2.05, 4.69) is 71.3 Å². The number of nitrogens with one attached hydrogen (secondary N) is 6. The maximum atomic E-state index is 13.2. The normalized spacial score (nSPS) is 19.1. The molecule has 352 valence electrons. The minimum absolute atomic E-state index is 0.0290. The molecular formula is C34H44N20O8S4. The fourth-order valence-corrected chi connectivity index (χ4v) is 14.2. The summed E-state index contributed by atoms with van der Waals surface area (Å²) in [5.74, 6) is 1.40. The van der Waals surface area contributed by atoms with Crippen molar-refractivity contribution in [1.29, 1.82) is 0 Å². The van der Waals surface area contributed by atoms with Crippen LogP contribution < -0.4 is 40.2 Å². The van der Waals surface area contributed by atoms with Crippen LogP contribution in [0.4, 0.5) is 11.4 Å². The Morgan fingerprint density at radius 2 is 1.02 bits per heavy atom. The zero-order chi connectivity index (χ0) is 46.4. The summed E-state index contributed by atoms with van der Waals surface area (Å²) < 4.78 is 113. The van der Waals surface area contributed by atoms with Crippen LogP contribution in [0.25, 0.3) is 22.8 Å². The van der Waals surface area contributed by atoms with Gasteiger partial charge in [0.25, 0.3) is 0 Å². The Labute approximate surface area is 377 Å². The molecule has 4 aromatic heterocycles. The highest BCUT2D eigenvalue weighted by atomic mass is 32.2. The molecule has 66 heavy (non-hydrogen) atoms. The average Bonchev–Trinajstić information content (AvgIpc) is 4.13. The van der Waals surface area contributed by atoms with E-state index in [4.69, 9.17) is 10.3 Å². The van der Waals surface area contributed by atoms with Crippen LogP contribution in [0.15, 0.2) is 68.6 Å². The van der Waals surface area contributed by atoms with Crippen LogP contribution in [0.2, 0.25) is 0 Å². The van der Waals surface area contributed by atoms with Crippen LogP contribution in [0, 0.1) is 0 Å². The third-order valence-corrected chi connectivity index (χ3v) is 16.8. The van der Waals surface area contributed by atoms with Crippen LogP contribution in [0.1, 0.15) is 24.5 Å². The maximum Gasteiger partial charge on any atom is 0.242 e. The second-order valence-corrected chi connectivity index (χ2v) is 22.0. The molecule has 0 aliphatic carbocycles. The van der Waals surface area contributed by atoms with E-state index in [9.17, 15) is 33.7 Å². The van der Waals surface area contributed by atoms with Crippen molar-refractivity contribution in [2.75, 3.05) is 49.1 Å². The van der Waals surface area contributed by atoms with E-state index in [1.54, 1.807) is 24.5 Å². The van der Waals surface area contributed by atoms with Gasteiger partial charge in [0.1, 0.15) is 31.2 Å². The van der Waals surface area contributed by atoms with Gasteiger partial charge in [0.15, 0.2) is 0 Å². The number of nitrogens with two attached hydrogens (primary N) is 2. The fourth-order valence-electron chi connectivity index (χ4n) is 8.42. The van der Waals surface area contributed by atoms with Crippen molar-refractivity contribution in [3.8, 4) is 22.8 Å². The van der Waals surface area contributed by atoms with Gasteiger partial charge in [-0.2, -0.15) is 10.4 Å². The van der Waals surface area contributed by atoms with Gasteiger partial charge in [0, 0.05) is 87.5 Å². The molecule has 28 nitrogen and oxygen atoms in total. The Hall–Kier alpha value is -5.84. The summed E-state index contributed by atoms with van der Waals surface area (Å²) >= 11 is 0. The minimum atomic E-state index is -4.52. The highest BCUT2D eigenvalue weighted by Gasteiger charge is 2.37. The first-order chi connectivity index (χ1) is 31.5. The molecule has 8 heterocycles. The lowest BCUT2D eigenvalue weighted by Gasteiger charge is -2.31. The van der Waals surface area contributed by atoms with E-state index in [1.807, 2.05) is 31.3 Å². The van der Waals surface area contributed by atoms with Gasteiger partial charge in [-0.1, -0.05) is 0 Å². The second-order valence-electron chi connectivity index (χ2n) is 15.7. The van der Waals surface area contributed by atoms with Gasteiger partial charge < -0.3 is 29.6 Å². The molecule has 0 bridgehead atoms. The zero-order valence-corrected chi connectivity index (χ0v) is 37.9. The largest absolute Gasteiger partial charge is 0.362 e. The van der Waals surface area contributed by atoms with Gasteiger partial charge in [-0.05, 0) is 60.6 Å². The number of hydrogen-bond acceptors (Lipinski definition) is 20. The first-order valence-corrected chi connectivity index (χ1v) is 26.4. The predicted molar refractivity (Wildman–Crippen MR) is 232 cm³/mol. The van der Waals surface area contributed by atoms with E-state index in [1.165, 1.54) is 12.1 Å². The van der Waals surface area contributed by atoms with Gasteiger partial charge in [0.05, 0.1) is 24.2 Å². The predicted octanol–water partition coefficient (Wildman–Crippen LogP) is -3.26. The molecule has 2 saturated heterocycles. The number of aromatic nitrogens is 12. The molecule has 0 radical (unpaired) electrons. The maximum absolute atomic E-state index is 13.2. The Balaban J connectivity index is 0.000000166. The Bertz CT molecular complexity index is 2970. The summed E-state index contributed by atoms with van der Waals surface area (Å²) in [7, 11) is -17.5. The smallest absolute Gasteiger partial charge is 0.242 e. The number of imidazole rings is 2. The first-order valence-electron chi connectivity index (χ1n) is 20.3. The van der Waals surface area contributed by atoms with E-state index in [0.29, 0.717) is 89.7 Å². The summed E-state index contributed by atoms with van der Waals surface area (Å²) in [4.78, 5) is 10.3. The monoisotopic (exact) mass is 988 g/mol. The van der Waals surface area contributed by atoms with Gasteiger partial charge in [-0.3, -0.25) is 0 Å². The van der Waals surface area contributed by atoms with Crippen molar-refractivity contribution in [1.82, 2.24) is 80.4 Å². The molecular weight excluding hydrogens is 945 g/mol. The number of hydrogen-bond donors (Lipinski definition) is 8. The number of fused-ring (bicyclic) bond motifs is 2. The van der Waals surface area contributed by atoms with Crippen molar-refractivity contribution >= 4 is 51.5 Å². The number of benzene rings is 2. The number of anilines is 2. The molecule has 10 N–H and O–H groups in total. The molecule has 10 rings (SSSR count). The molecule has 0 amide bonds. The number of aromatic amines is 2. The van der Waals surface area contributed by atoms with E-state index in [0.717, 1.165) is 11.6 Å². The number of tetrazole rings is 2. The Morgan fingerprint density at radius 1 is 0.591 bits per heavy atom. The molecule has 0 saturated carbocycles. The Morgan fingerprint density at radius 3 is 1.36 bits per heavy atom. The molecule has 0 spiro atoms. The first kappa shape index (κ1) is 45.3. The number of nitrogens with zero attached hydrogens (tertiary/aromatic N) is 12. The number of sulfonamides is 4. The van der Waals surface area contributed by atoms with Crippen LogP contribution in [0.3, 0.4) is 0 Å². The van der Waals surface area contributed by atoms with Gasteiger partial charge in [-0.15, -0.1) is 20.4 Å². The second kappa shape index (κ2) is 17.8. The van der Waals surface area contributed by atoms with E-state index < -0.39 is 59.7 Å². The number of H-pyrrole nitrogens is 2. The zero-order valence-electron chi connectivity index (χ0n) is 34.7. The van der Waals surface area contributed by atoms with Crippen molar-refractivity contribution < 1.29 is 33.7 Å². The molecule has 2 fully saturated rings. The lowest BCUT2D eigenvalue weighted by molar-refractivity contribution is 0.552. The standard InChI is InChI=1S/2C17H22N10O4S2/c2*18-32(28,29)16-13(33(30,31)23-11-3-4-19-9-11)2-1-12(15(16)17-21-24-25-22-17)27-8-7-26-6-5-20-14(26)10-27/h2*1-2,5-6,11,19,23H,3-4,7-10H2,(H2,18,28,29)(H,21,22,24,25)/t2*11-/m11/s1. The van der Waals surface area contributed by atoms with Crippen molar-refractivity contribution in [3.05, 3.63) is 60.7 Å². The van der Waals surface area contributed by atoms with Crippen LogP contribution in [0.5, 0.6) is 0 Å². The summed E-state index contributed by atoms with van der Waals surface area (Å²) in [5, 5.41) is 44.7. The van der Waals surface area contributed by atoms with Crippen LogP contribution in [-0.4, -0.2) is 145 Å². The lowest BCUT2D eigenvalue weighted by Crippen LogP contribution is -2.38. The van der Waals surface area contributed by atoms with E-state index >= 15 is 0 Å². The summed E-state index contributed by atoms with van der Waals surface area (Å²) in [6, 6.07) is 4.87. The third kappa shape index (κ3) is 9.14. The summed E-state index contributed by atoms with van der Waals surface area (Å²) in [6.07, 6.45) is 8.27. The minimum Gasteiger partial charge on any atom is -0.362 e. The molecule has 0 unspecified atom stereocenters. The van der Waals surface area contributed by atoms with Crippen molar-refractivity contribution in [2.24, 2.45) is 10.3 Å². The van der Waals surface area contributed by atoms with Gasteiger partial charge in [0.2, 0.25) is 51.7 Å². The van der Waals surface area contributed by atoms with Crippen molar-refractivity contribution in [3.63, 3.8) is 0 Å². The highest BCUT2D eigenvalue weighted by Crippen LogP contribution is 2.41. The molecule has 2 atom stereocenters. The fraction of sp³-hybridized carbons (Fsp3) is 0.412. The quantitative estimate of drug-likeness (QED) is 0.0597. The van der Waals surface area contributed by atoms with Gasteiger partial charge in [-0.25, -0.2) is 63.4 Å². The van der Waals surface area contributed by atoms with Crippen LogP contribution >= 0.6 is 0 Å². The number of rotatable bonds is 12. The molecule has 6 aromatic rings. The molecule has 2 aromatic carbocycles. The SMILES string of the molecule is NS(=O)(=O)c1c(S(=O)(=O)N[C@@H]2CCNC2)ccc(N2CCn3ccnc3C2)c1-c1nn[nH]n1.NS(=O)(=O)c1c(S(=O)(=O)N[C@@H]2CCNC2)ccc(N2CCn3ccnc3C2)c1-c1nn[nH]n1. The van der Waals surface area contributed by atoms with E-state index in [-0.39, 0.29) is 34.9 Å². The van der Waals surface area contributed by atoms with Gasteiger partial charge >= 0.3 is 0 Å². The van der Waals surface area contributed by atoms with Crippen LogP contribution in [-0.2, 0) is 66.3 Å². The third-order valence-electron chi connectivity index (χ3n) is 11.4. The molecule has 4 aliphatic rings. The summed E-state index contributed by atoms with van der Waals surface area (Å²) in [5.41, 5.74) is 0.768. The molecule has 4 aliphatic heterocycles. The Kier molecular flexibility index (Phi) is 12.2. The average molecular weight is 989 g/mol. The van der Waals surface area contributed by atoms with Crippen molar-refractivity contribution in [2.45, 2.75) is 70.7 Å². The number of primary sulfonamides is 2.